The predicted molar refractivity (Wildman–Crippen MR) is 132 cm³/mol. The van der Waals surface area contributed by atoms with Crippen molar-refractivity contribution in [3.8, 4) is 0 Å². The molecule has 1 fully saturated rings. The van der Waals surface area contributed by atoms with Crippen LogP contribution in [-0.2, 0) is 4.74 Å². The fourth-order valence-electron chi connectivity index (χ4n) is 3.60. The maximum atomic E-state index is 12.8. The smallest absolute Gasteiger partial charge is 0.256 e. The van der Waals surface area contributed by atoms with Crippen LogP contribution in [0.4, 0.5) is 23.3 Å². The third kappa shape index (κ3) is 4.80. The van der Waals surface area contributed by atoms with Crippen molar-refractivity contribution in [1.82, 2.24) is 25.1 Å². The van der Waals surface area contributed by atoms with Gasteiger partial charge in [0.05, 0.1) is 19.4 Å². The highest BCUT2D eigenvalue weighted by atomic mass is 16.5. The average Bonchev–Trinajstić information content (AvgIpc) is 3.34. The number of nitrogens with one attached hydrogen (secondary N) is 2. The van der Waals surface area contributed by atoms with E-state index in [0.717, 1.165) is 24.2 Å². The van der Waals surface area contributed by atoms with Gasteiger partial charge in [-0.1, -0.05) is 17.8 Å². The van der Waals surface area contributed by atoms with Gasteiger partial charge in [-0.05, 0) is 37.1 Å². The Kier molecular flexibility index (Phi) is 6.06. The van der Waals surface area contributed by atoms with E-state index < -0.39 is 0 Å². The molecule has 0 bridgehead atoms. The van der Waals surface area contributed by atoms with Crippen LogP contribution in [0.1, 0.15) is 28.6 Å². The molecule has 178 valence electrons. The van der Waals surface area contributed by atoms with E-state index >= 15 is 0 Å². The number of nitrogens with zero attached hydrogens (tertiary/aromatic N) is 6. The van der Waals surface area contributed by atoms with Gasteiger partial charge < -0.3 is 24.8 Å². The molecular weight excluding hydrogens is 448 g/mol. The number of amides is 1. The van der Waals surface area contributed by atoms with E-state index in [4.69, 9.17) is 14.2 Å². The summed E-state index contributed by atoms with van der Waals surface area (Å²) in [6, 6.07) is 6.98. The summed E-state index contributed by atoms with van der Waals surface area (Å²) in [5, 5.41) is 9.92. The second kappa shape index (κ2) is 9.47. The molecule has 1 aliphatic heterocycles. The first-order chi connectivity index (χ1) is 17.0. The Bertz CT molecular complexity index is 1410. The van der Waals surface area contributed by atoms with E-state index in [-0.39, 0.29) is 5.91 Å². The first kappa shape index (κ1) is 22.4. The van der Waals surface area contributed by atoms with Crippen molar-refractivity contribution in [2.24, 2.45) is 0 Å². The number of aromatic nitrogens is 5. The number of carbonyl (C=O) groups is 1. The molecule has 0 aliphatic carbocycles. The van der Waals surface area contributed by atoms with E-state index in [1.165, 1.54) is 6.33 Å². The van der Waals surface area contributed by atoms with E-state index in [1.807, 2.05) is 13.0 Å². The molecule has 0 unspecified atom stereocenters. The van der Waals surface area contributed by atoms with E-state index in [2.05, 4.69) is 42.2 Å². The normalized spacial score (nSPS) is 13.6. The second-order valence-corrected chi connectivity index (χ2v) is 8.19. The van der Waals surface area contributed by atoms with Gasteiger partial charge >= 0.3 is 0 Å². The van der Waals surface area contributed by atoms with E-state index in [9.17, 15) is 4.79 Å². The molecule has 0 radical (unpaired) electrons. The number of carbonyl (C=O) groups excluding carboxylic acids is 1. The number of ether oxygens (including phenoxy) is 1. The van der Waals surface area contributed by atoms with Gasteiger partial charge in [0, 0.05) is 30.4 Å². The lowest BCUT2D eigenvalue weighted by Gasteiger charge is -2.26. The fraction of sp³-hybridized carbons (Fsp3) is 0.250. The van der Waals surface area contributed by atoms with Crippen LogP contribution in [0, 0.1) is 6.92 Å². The Morgan fingerprint density at radius 3 is 2.74 bits per heavy atom. The number of fused-ring (bicyclic) bond motifs is 1. The highest BCUT2D eigenvalue weighted by Gasteiger charge is 2.17. The molecule has 1 aromatic carbocycles. The Morgan fingerprint density at radius 1 is 1.14 bits per heavy atom. The molecule has 1 amide bonds. The lowest BCUT2D eigenvalue weighted by molar-refractivity contribution is 0.102. The van der Waals surface area contributed by atoms with Gasteiger partial charge in [0.25, 0.3) is 5.91 Å². The lowest BCUT2D eigenvalue weighted by Crippen LogP contribution is -2.37. The zero-order chi connectivity index (χ0) is 24.4. The summed E-state index contributed by atoms with van der Waals surface area (Å²) in [6.45, 7) is 10.3. The predicted octanol–water partition coefficient (Wildman–Crippen LogP) is 3.58. The van der Waals surface area contributed by atoms with Crippen LogP contribution in [0.15, 0.2) is 47.9 Å². The van der Waals surface area contributed by atoms with E-state index in [0.29, 0.717) is 58.8 Å². The van der Waals surface area contributed by atoms with Gasteiger partial charge in [0.15, 0.2) is 17.4 Å². The van der Waals surface area contributed by atoms with Gasteiger partial charge in [-0.15, -0.1) is 0 Å². The van der Waals surface area contributed by atoms with Crippen molar-refractivity contribution in [2.75, 3.05) is 41.8 Å². The molecule has 4 heterocycles. The van der Waals surface area contributed by atoms with Crippen LogP contribution < -0.4 is 15.5 Å². The van der Waals surface area contributed by atoms with Crippen molar-refractivity contribution in [2.45, 2.75) is 13.8 Å². The molecule has 5 rings (SSSR count). The summed E-state index contributed by atoms with van der Waals surface area (Å²) in [6.07, 6.45) is 3.14. The third-order valence-corrected chi connectivity index (χ3v) is 5.58. The first-order valence-electron chi connectivity index (χ1n) is 11.1. The van der Waals surface area contributed by atoms with Crippen molar-refractivity contribution in [1.29, 1.82) is 0 Å². The number of anilines is 4. The molecule has 3 aromatic heterocycles. The molecule has 0 spiro atoms. The maximum Gasteiger partial charge on any atom is 0.256 e. The minimum atomic E-state index is -0.320. The van der Waals surface area contributed by atoms with Crippen LogP contribution in [0.2, 0.25) is 0 Å². The number of allylic oxidation sites excluding steroid dienone is 1. The van der Waals surface area contributed by atoms with Crippen molar-refractivity contribution >= 4 is 45.8 Å². The van der Waals surface area contributed by atoms with Crippen LogP contribution >= 0.6 is 0 Å². The number of rotatable bonds is 6. The van der Waals surface area contributed by atoms with E-state index in [1.54, 1.807) is 31.3 Å². The third-order valence-electron chi connectivity index (χ3n) is 5.58. The minimum absolute atomic E-state index is 0.317. The van der Waals surface area contributed by atoms with Crippen LogP contribution in [0.5, 0.6) is 0 Å². The number of benzene rings is 1. The van der Waals surface area contributed by atoms with Gasteiger partial charge in [-0.3, -0.25) is 4.79 Å². The Balaban J connectivity index is 1.41. The molecule has 2 N–H and O–H groups in total. The van der Waals surface area contributed by atoms with Gasteiger partial charge in [0.2, 0.25) is 5.95 Å². The number of aryl methyl sites for hydroxylation is 1. The molecule has 11 heteroatoms. The molecule has 11 nitrogen and oxygen atoms in total. The van der Waals surface area contributed by atoms with Gasteiger partial charge in [-0.2, -0.15) is 0 Å². The van der Waals surface area contributed by atoms with Gasteiger partial charge in [-0.25, -0.2) is 19.9 Å². The number of hydrogen-bond donors (Lipinski definition) is 2. The molecule has 35 heavy (non-hydrogen) atoms. The molecular formula is C24H24N8O3. The molecule has 0 saturated carbocycles. The molecule has 0 atom stereocenters. The molecule has 4 aromatic rings. The summed E-state index contributed by atoms with van der Waals surface area (Å²) < 4.78 is 10.6. The van der Waals surface area contributed by atoms with Crippen LogP contribution in [0.3, 0.4) is 0 Å². The van der Waals surface area contributed by atoms with Gasteiger partial charge in [0.1, 0.15) is 17.4 Å². The Labute approximate surface area is 201 Å². The maximum absolute atomic E-state index is 12.8. The second-order valence-electron chi connectivity index (χ2n) is 8.19. The lowest BCUT2D eigenvalue weighted by atomic mass is 10.1. The Hall–Kier alpha value is -4.38. The standard InChI is InChI=1S/C24H24N8O3/c1-14(2)19-11-20(31-35-19)29-23(33)16-5-4-15(3)17(10-16)28-22-21-18(26-13-27-22)12-25-24(30-21)32-6-8-34-9-7-32/h4-5,10-13H,1,6-9H2,2-3H3,(H,26,27,28)(H,29,31,33). The molecule has 1 aliphatic rings. The van der Waals surface area contributed by atoms with Crippen LogP contribution in [-0.4, -0.2) is 57.3 Å². The summed E-state index contributed by atoms with van der Waals surface area (Å²) in [5.74, 6) is 1.64. The summed E-state index contributed by atoms with van der Waals surface area (Å²) in [7, 11) is 0. The van der Waals surface area contributed by atoms with Crippen molar-refractivity contribution in [3.63, 3.8) is 0 Å². The minimum Gasteiger partial charge on any atom is -0.378 e. The highest BCUT2D eigenvalue weighted by Crippen LogP contribution is 2.26. The van der Waals surface area contributed by atoms with Crippen molar-refractivity contribution in [3.05, 3.63) is 60.3 Å². The highest BCUT2D eigenvalue weighted by molar-refractivity contribution is 6.04. The fourth-order valence-corrected chi connectivity index (χ4v) is 3.60. The zero-order valence-electron chi connectivity index (χ0n) is 19.4. The molecule has 1 saturated heterocycles. The number of hydrogen-bond acceptors (Lipinski definition) is 10. The monoisotopic (exact) mass is 472 g/mol. The zero-order valence-corrected chi connectivity index (χ0v) is 19.4. The topological polar surface area (TPSA) is 131 Å². The summed E-state index contributed by atoms with van der Waals surface area (Å²) in [4.78, 5) is 32.8. The van der Waals surface area contributed by atoms with Crippen molar-refractivity contribution < 1.29 is 14.1 Å². The summed E-state index contributed by atoms with van der Waals surface area (Å²) >= 11 is 0. The first-order valence-corrected chi connectivity index (χ1v) is 11.1. The largest absolute Gasteiger partial charge is 0.378 e. The quantitative estimate of drug-likeness (QED) is 0.429. The SMILES string of the molecule is C=C(C)c1cc(NC(=O)c2ccc(C)c(Nc3ncnc4cnc(N5CCOCC5)nc34)c2)no1. The Morgan fingerprint density at radius 2 is 1.97 bits per heavy atom. The summed E-state index contributed by atoms with van der Waals surface area (Å²) in [5.41, 5.74) is 4.02. The average molecular weight is 473 g/mol. The number of morpholine rings is 1. The van der Waals surface area contributed by atoms with Crippen LogP contribution in [0.25, 0.3) is 16.6 Å².